The SMILES string of the molecule is Cl.Cn1nc(Cc2ccc(Cl)cc2Cl)c2c1COCC2=C(F)CNC(=O)NS(=O)(=O)c1cc(Cl)c(Cl)s1. The molecule has 3 aromatic rings. The number of halogens is 6. The lowest BCUT2D eigenvalue weighted by molar-refractivity contribution is 0.139. The molecule has 2 N–H and O–H groups in total. The number of nitrogens with one attached hydrogen (secondary N) is 2. The third-order valence-electron chi connectivity index (χ3n) is 5.24. The fraction of sp³-hybridized carbons (Fsp3) is 0.238. The van der Waals surface area contributed by atoms with Crippen molar-refractivity contribution in [2.45, 2.75) is 17.2 Å². The van der Waals surface area contributed by atoms with Crippen LogP contribution in [0.2, 0.25) is 19.4 Å². The fourth-order valence-corrected chi connectivity index (χ4v) is 6.86. The highest BCUT2D eigenvalue weighted by atomic mass is 35.5. The van der Waals surface area contributed by atoms with Crippen molar-refractivity contribution >= 4 is 91.8 Å². The van der Waals surface area contributed by atoms with Crippen LogP contribution in [0, 0.1) is 0 Å². The number of ether oxygens (including phenoxy) is 1. The lowest BCUT2D eigenvalue weighted by Crippen LogP contribution is -2.39. The van der Waals surface area contributed by atoms with Gasteiger partial charge in [-0.3, -0.25) is 4.68 Å². The maximum atomic E-state index is 15.3. The molecule has 0 saturated heterocycles. The summed E-state index contributed by atoms with van der Waals surface area (Å²) in [6, 6.07) is 5.08. The van der Waals surface area contributed by atoms with E-state index in [1.54, 1.807) is 34.7 Å². The van der Waals surface area contributed by atoms with Gasteiger partial charge in [0.1, 0.15) is 14.4 Å². The van der Waals surface area contributed by atoms with Crippen molar-refractivity contribution in [3.8, 4) is 0 Å². The molecule has 2 amide bonds. The zero-order valence-electron chi connectivity index (χ0n) is 18.8. The Morgan fingerprint density at radius 2 is 1.92 bits per heavy atom. The highest BCUT2D eigenvalue weighted by Crippen LogP contribution is 2.35. The van der Waals surface area contributed by atoms with Crippen LogP contribution >= 0.6 is 70.1 Å². The number of carbonyl (C=O) groups excluding carboxylic acids is 1. The molecule has 0 bridgehead atoms. The number of benzene rings is 1. The Hall–Kier alpha value is -1.57. The molecular weight excluding hydrogens is 633 g/mol. The molecule has 1 aliphatic rings. The summed E-state index contributed by atoms with van der Waals surface area (Å²) in [6.45, 7) is -0.413. The standard InChI is InChI=1S/C21H17Cl4FN4O4S2.ClH/c1-30-17-9-34-8-12(19(17)16(28-30)4-10-2-3-11(22)5-13(10)23)15(26)7-27-21(31)29-36(32,33)18-6-14(24)20(25)35-18;/h2-3,5-6H,4,7-9H2,1H3,(H2,27,29,31);1H. The zero-order chi connectivity index (χ0) is 26.2. The highest BCUT2D eigenvalue weighted by Gasteiger charge is 2.28. The van der Waals surface area contributed by atoms with E-state index in [0.717, 1.165) is 11.6 Å². The number of nitrogens with zero attached hydrogens (tertiary/aromatic N) is 2. The Morgan fingerprint density at radius 3 is 2.57 bits per heavy atom. The van der Waals surface area contributed by atoms with Crippen LogP contribution in [0.3, 0.4) is 0 Å². The quantitative estimate of drug-likeness (QED) is 0.341. The van der Waals surface area contributed by atoms with Gasteiger partial charge >= 0.3 is 6.03 Å². The van der Waals surface area contributed by atoms with Gasteiger partial charge in [0, 0.05) is 34.7 Å². The first kappa shape index (κ1) is 30.0. The number of carbonyl (C=O) groups is 1. The van der Waals surface area contributed by atoms with Gasteiger partial charge in [0.15, 0.2) is 0 Å². The van der Waals surface area contributed by atoms with Crippen molar-refractivity contribution in [1.82, 2.24) is 19.8 Å². The lowest BCUT2D eigenvalue weighted by atomic mass is 9.97. The first-order valence-corrected chi connectivity index (χ1v) is 14.0. The first-order valence-electron chi connectivity index (χ1n) is 10.2. The molecule has 0 atom stereocenters. The predicted molar refractivity (Wildman–Crippen MR) is 145 cm³/mol. The van der Waals surface area contributed by atoms with Crippen LogP contribution in [0.5, 0.6) is 0 Å². The van der Waals surface area contributed by atoms with Crippen molar-refractivity contribution in [3.63, 3.8) is 0 Å². The average Bonchev–Trinajstić information content (AvgIpc) is 3.33. The number of hydrogen-bond acceptors (Lipinski definition) is 6. The van der Waals surface area contributed by atoms with E-state index in [4.69, 9.17) is 51.1 Å². The Labute approximate surface area is 242 Å². The van der Waals surface area contributed by atoms with Crippen molar-refractivity contribution < 1.29 is 22.3 Å². The van der Waals surface area contributed by atoms with Gasteiger partial charge in [-0.05, 0) is 23.8 Å². The van der Waals surface area contributed by atoms with Crippen LogP contribution in [-0.4, -0.2) is 37.4 Å². The Bertz CT molecular complexity index is 1470. The third-order valence-corrected chi connectivity index (χ3v) is 9.50. The predicted octanol–water partition coefficient (Wildman–Crippen LogP) is 6.01. The molecule has 37 heavy (non-hydrogen) atoms. The summed E-state index contributed by atoms with van der Waals surface area (Å²) in [5.74, 6) is -0.706. The molecule has 200 valence electrons. The van der Waals surface area contributed by atoms with Crippen LogP contribution in [0.1, 0.15) is 22.5 Å². The Kier molecular flexibility index (Phi) is 9.79. The summed E-state index contributed by atoms with van der Waals surface area (Å²) in [5, 5.41) is 7.70. The van der Waals surface area contributed by atoms with Crippen LogP contribution in [0.4, 0.5) is 9.18 Å². The normalized spacial score (nSPS) is 14.5. The van der Waals surface area contributed by atoms with Gasteiger partial charge in [-0.2, -0.15) is 5.10 Å². The second kappa shape index (κ2) is 12.1. The van der Waals surface area contributed by atoms with Crippen LogP contribution < -0.4 is 10.0 Å². The molecule has 2 aromatic heterocycles. The summed E-state index contributed by atoms with van der Waals surface area (Å²) in [4.78, 5) is 12.2. The van der Waals surface area contributed by atoms with Gasteiger partial charge in [-0.25, -0.2) is 22.3 Å². The van der Waals surface area contributed by atoms with Gasteiger partial charge in [0.05, 0.1) is 36.2 Å². The minimum Gasteiger partial charge on any atom is -0.370 e. The molecule has 0 radical (unpaired) electrons. The number of rotatable bonds is 6. The second-order valence-corrected chi connectivity index (χ2v) is 12.5. The van der Waals surface area contributed by atoms with Crippen LogP contribution in [-0.2, 0) is 34.8 Å². The number of sulfonamides is 1. The van der Waals surface area contributed by atoms with E-state index in [1.165, 1.54) is 0 Å². The van der Waals surface area contributed by atoms with Crippen LogP contribution in [0.25, 0.3) is 5.57 Å². The molecule has 0 unspecified atom stereocenters. The van der Waals surface area contributed by atoms with Gasteiger partial charge < -0.3 is 10.1 Å². The summed E-state index contributed by atoms with van der Waals surface area (Å²) < 4.78 is 48.7. The van der Waals surface area contributed by atoms with E-state index in [-0.39, 0.29) is 44.8 Å². The monoisotopic (exact) mass is 648 g/mol. The minimum absolute atomic E-state index is 0. The molecule has 16 heteroatoms. The molecule has 1 aliphatic heterocycles. The Morgan fingerprint density at radius 1 is 1.19 bits per heavy atom. The molecule has 4 rings (SSSR count). The summed E-state index contributed by atoms with van der Waals surface area (Å²) in [5.41, 5.74) is 2.74. The molecule has 0 aliphatic carbocycles. The van der Waals surface area contributed by atoms with Crippen LogP contribution in [0.15, 0.2) is 34.3 Å². The third kappa shape index (κ3) is 6.72. The van der Waals surface area contributed by atoms with Gasteiger partial charge in [0.2, 0.25) is 0 Å². The molecule has 1 aromatic carbocycles. The molecule has 0 spiro atoms. The van der Waals surface area contributed by atoms with E-state index >= 15 is 4.39 Å². The molecule has 8 nitrogen and oxygen atoms in total. The molecule has 3 heterocycles. The van der Waals surface area contributed by atoms with Gasteiger partial charge in [-0.1, -0.05) is 52.5 Å². The van der Waals surface area contributed by atoms with E-state index in [0.29, 0.717) is 44.8 Å². The number of urea groups is 1. The van der Waals surface area contributed by atoms with Crippen molar-refractivity contribution in [2.24, 2.45) is 7.05 Å². The smallest absolute Gasteiger partial charge is 0.329 e. The van der Waals surface area contributed by atoms with Crippen molar-refractivity contribution in [3.05, 3.63) is 72.0 Å². The fourth-order valence-electron chi connectivity index (χ4n) is 3.57. The number of thiophene rings is 1. The summed E-state index contributed by atoms with van der Waals surface area (Å²) in [7, 11) is -2.52. The molecule has 0 saturated carbocycles. The van der Waals surface area contributed by atoms with Crippen molar-refractivity contribution in [1.29, 1.82) is 0 Å². The maximum Gasteiger partial charge on any atom is 0.329 e. The van der Waals surface area contributed by atoms with E-state index in [1.807, 2.05) is 0 Å². The van der Waals surface area contributed by atoms with Crippen molar-refractivity contribution in [2.75, 3.05) is 13.2 Å². The number of fused-ring (bicyclic) bond motifs is 1. The molecular formula is C21H18Cl5FN4O4S2. The largest absolute Gasteiger partial charge is 0.370 e. The average molecular weight is 651 g/mol. The highest BCUT2D eigenvalue weighted by molar-refractivity contribution is 7.92. The second-order valence-electron chi connectivity index (χ2n) is 7.66. The number of aromatic nitrogens is 2. The summed E-state index contributed by atoms with van der Waals surface area (Å²) in [6.07, 6.45) is 0.314. The van der Waals surface area contributed by atoms with Gasteiger partial charge in [0.25, 0.3) is 10.0 Å². The number of aryl methyl sites for hydroxylation is 1. The zero-order valence-corrected chi connectivity index (χ0v) is 24.3. The number of hydrogen-bond donors (Lipinski definition) is 2. The summed E-state index contributed by atoms with van der Waals surface area (Å²) >= 11 is 24.6. The van der Waals surface area contributed by atoms with E-state index < -0.39 is 28.4 Å². The first-order chi connectivity index (χ1) is 17.0. The Balaban J connectivity index is 0.00000380. The van der Waals surface area contributed by atoms with Gasteiger partial charge in [-0.15, -0.1) is 23.7 Å². The minimum atomic E-state index is -4.24. The number of amides is 2. The maximum absolute atomic E-state index is 15.3. The molecule has 0 fully saturated rings. The lowest BCUT2D eigenvalue weighted by Gasteiger charge is -2.19. The van der Waals surface area contributed by atoms with E-state index in [9.17, 15) is 13.2 Å². The van der Waals surface area contributed by atoms with E-state index in [2.05, 4.69) is 10.4 Å². The topological polar surface area (TPSA) is 102 Å².